The van der Waals surface area contributed by atoms with Crippen LogP contribution in [0.4, 0.5) is 5.69 Å². The lowest BCUT2D eigenvalue weighted by Gasteiger charge is -2.32. The fraction of sp³-hybridized carbons (Fsp3) is 0.515. The number of benzene rings is 2. The first kappa shape index (κ1) is 27.3. The molecule has 206 valence electrons. The van der Waals surface area contributed by atoms with Crippen LogP contribution in [0.1, 0.15) is 69.6 Å². The summed E-state index contributed by atoms with van der Waals surface area (Å²) in [4.78, 5) is 53.7. The number of rotatable bonds is 8. The molecule has 5 rings (SSSR count). The lowest BCUT2D eigenvalue weighted by atomic mass is 9.69. The number of anilines is 1. The predicted octanol–water partition coefficient (Wildman–Crippen LogP) is 5.90. The minimum absolute atomic E-state index is 0.156. The normalized spacial score (nSPS) is 28.9. The number of fused-ring (bicyclic) bond motifs is 5. The third-order valence-electron chi connectivity index (χ3n) is 9.98. The summed E-state index contributed by atoms with van der Waals surface area (Å²) in [7, 11) is 0. The average Bonchev–Trinajstić information content (AvgIpc) is 3.56. The van der Waals surface area contributed by atoms with Gasteiger partial charge in [-0.1, -0.05) is 45.0 Å². The van der Waals surface area contributed by atoms with Gasteiger partial charge in [0, 0.05) is 17.6 Å². The van der Waals surface area contributed by atoms with Crippen LogP contribution in [-0.2, 0) is 19.2 Å². The molecule has 2 aliphatic carbocycles. The average molecular weight is 529 g/mol. The number of aldehydes is 1. The van der Waals surface area contributed by atoms with E-state index in [1.165, 1.54) is 21.6 Å². The van der Waals surface area contributed by atoms with Crippen molar-refractivity contribution in [3.05, 3.63) is 53.1 Å². The quantitative estimate of drug-likeness (QED) is 0.341. The number of imide groups is 1. The van der Waals surface area contributed by atoms with Gasteiger partial charge in [0.25, 0.3) is 0 Å². The third-order valence-corrected chi connectivity index (χ3v) is 9.98. The molecular formula is C33H40N2O4. The van der Waals surface area contributed by atoms with E-state index in [2.05, 4.69) is 44.3 Å². The molecule has 1 saturated heterocycles. The molecule has 8 unspecified atom stereocenters. The number of amides is 3. The molecule has 2 saturated carbocycles. The number of carbonyl (C=O) groups is 4. The van der Waals surface area contributed by atoms with E-state index >= 15 is 0 Å². The monoisotopic (exact) mass is 528 g/mol. The van der Waals surface area contributed by atoms with Crippen molar-refractivity contribution >= 4 is 29.7 Å². The molecule has 8 atom stereocenters. The molecule has 2 bridgehead atoms. The van der Waals surface area contributed by atoms with E-state index in [0.29, 0.717) is 24.4 Å². The Morgan fingerprint density at radius 2 is 1.56 bits per heavy atom. The Morgan fingerprint density at radius 1 is 0.949 bits per heavy atom. The van der Waals surface area contributed by atoms with Crippen LogP contribution in [0.3, 0.4) is 0 Å². The molecule has 0 aromatic heterocycles. The highest BCUT2D eigenvalue weighted by Gasteiger charge is 2.68. The molecule has 3 aliphatic rings. The second kappa shape index (κ2) is 10.4. The Hall–Kier alpha value is -3.28. The second-order valence-electron chi connectivity index (χ2n) is 12.1. The number of hydrogen-bond acceptors (Lipinski definition) is 4. The highest BCUT2D eigenvalue weighted by atomic mass is 16.2. The number of hydrogen-bond donors (Lipinski definition) is 1. The van der Waals surface area contributed by atoms with Gasteiger partial charge in [0.05, 0.1) is 17.8 Å². The van der Waals surface area contributed by atoms with Crippen LogP contribution < -0.4 is 5.32 Å². The Bertz CT molecular complexity index is 1330. The largest absolute Gasteiger partial charge is 0.326 e. The molecule has 0 spiro atoms. The summed E-state index contributed by atoms with van der Waals surface area (Å²) in [6, 6.07) is 12.4. The van der Waals surface area contributed by atoms with Crippen LogP contribution in [0.2, 0.25) is 0 Å². The van der Waals surface area contributed by atoms with E-state index in [-0.39, 0.29) is 35.6 Å². The van der Waals surface area contributed by atoms with Gasteiger partial charge in [-0.05, 0) is 97.7 Å². The van der Waals surface area contributed by atoms with Crippen LogP contribution in [0.5, 0.6) is 0 Å². The topological polar surface area (TPSA) is 83.6 Å². The summed E-state index contributed by atoms with van der Waals surface area (Å²) in [5.74, 6) is -2.67. The molecule has 3 amide bonds. The number of carbonyl (C=O) groups excluding carboxylic acids is 4. The van der Waals surface area contributed by atoms with Gasteiger partial charge < -0.3 is 10.1 Å². The van der Waals surface area contributed by atoms with Crippen LogP contribution >= 0.6 is 0 Å². The summed E-state index contributed by atoms with van der Waals surface area (Å²) in [6.45, 7) is 12.4. The first-order chi connectivity index (χ1) is 18.6. The predicted molar refractivity (Wildman–Crippen MR) is 152 cm³/mol. The van der Waals surface area contributed by atoms with Gasteiger partial charge in [0.15, 0.2) is 0 Å². The zero-order chi connectivity index (χ0) is 28.2. The molecule has 1 heterocycles. The Balaban J connectivity index is 1.36. The van der Waals surface area contributed by atoms with Gasteiger partial charge in [0.1, 0.15) is 6.29 Å². The van der Waals surface area contributed by atoms with Crippen molar-refractivity contribution in [2.24, 2.45) is 35.5 Å². The van der Waals surface area contributed by atoms with Gasteiger partial charge in [0.2, 0.25) is 17.7 Å². The van der Waals surface area contributed by atoms with E-state index in [1.807, 2.05) is 39.0 Å². The van der Waals surface area contributed by atoms with E-state index in [4.69, 9.17) is 0 Å². The maximum Gasteiger partial charge on any atom is 0.233 e. The minimum Gasteiger partial charge on any atom is -0.326 e. The van der Waals surface area contributed by atoms with Crippen molar-refractivity contribution in [3.8, 4) is 11.1 Å². The number of aryl methyl sites for hydroxylation is 2. The maximum absolute atomic E-state index is 13.6. The molecule has 2 aromatic carbocycles. The maximum atomic E-state index is 13.6. The summed E-state index contributed by atoms with van der Waals surface area (Å²) in [6.07, 6.45) is 3.20. The highest BCUT2D eigenvalue weighted by Crippen LogP contribution is 2.61. The molecule has 1 aliphatic heterocycles. The number of nitrogens with one attached hydrogen (secondary N) is 1. The molecular weight excluding hydrogens is 488 g/mol. The smallest absolute Gasteiger partial charge is 0.233 e. The lowest BCUT2D eigenvalue weighted by molar-refractivity contribution is -0.143. The van der Waals surface area contributed by atoms with Gasteiger partial charge in [-0.3, -0.25) is 19.3 Å². The van der Waals surface area contributed by atoms with Crippen molar-refractivity contribution in [2.45, 2.75) is 72.8 Å². The molecule has 6 nitrogen and oxygen atoms in total. The van der Waals surface area contributed by atoms with Crippen molar-refractivity contribution in [1.82, 2.24) is 4.90 Å². The summed E-state index contributed by atoms with van der Waals surface area (Å²) in [5, 5.41) is 3.04. The fourth-order valence-corrected chi connectivity index (χ4v) is 7.53. The first-order valence-electron chi connectivity index (χ1n) is 14.5. The van der Waals surface area contributed by atoms with Gasteiger partial charge in [-0.25, -0.2) is 0 Å². The van der Waals surface area contributed by atoms with Crippen LogP contribution in [0.15, 0.2) is 36.4 Å². The van der Waals surface area contributed by atoms with E-state index < -0.39 is 23.7 Å². The van der Waals surface area contributed by atoms with Crippen molar-refractivity contribution in [2.75, 3.05) is 5.32 Å². The molecule has 6 heteroatoms. The second-order valence-corrected chi connectivity index (χ2v) is 12.1. The molecule has 39 heavy (non-hydrogen) atoms. The third kappa shape index (κ3) is 4.32. The highest BCUT2D eigenvalue weighted by molar-refractivity contribution is 6.07. The van der Waals surface area contributed by atoms with Crippen LogP contribution in [-0.4, -0.2) is 34.9 Å². The van der Waals surface area contributed by atoms with Crippen LogP contribution in [0, 0.1) is 49.4 Å². The van der Waals surface area contributed by atoms with E-state index in [9.17, 15) is 19.2 Å². The minimum atomic E-state index is -0.599. The summed E-state index contributed by atoms with van der Waals surface area (Å²) >= 11 is 0. The number of likely N-dealkylation sites (tertiary alicyclic amines) is 1. The Kier molecular flexibility index (Phi) is 7.25. The summed E-state index contributed by atoms with van der Waals surface area (Å²) < 4.78 is 0. The number of nitrogens with zero attached hydrogens (tertiary/aromatic N) is 1. The first-order valence-corrected chi connectivity index (χ1v) is 14.5. The lowest BCUT2D eigenvalue weighted by Crippen LogP contribution is -2.43. The van der Waals surface area contributed by atoms with Gasteiger partial charge in [-0.2, -0.15) is 0 Å². The Labute approximate surface area is 231 Å². The van der Waals surface area contributed by atoms with Gasteiger partial charge in [-0.15, -0.1) is 0 Å². The SMILES string of the molecule is CCC(C)c1ccc(-c2ccc(NC(=O)C3C(C=O)C4CC3C3C(=O)N(C(C)CC)C(=O)C43)cc2C)c(C)c1. The van der Waals surface area contributed by atoms with Gasteiger partial charge >= 0.3 is 0 Å². The zero-order valence-electron chi connectivity index (χ0n) is 23.9. The molecule has 0 radical (unpaired) electrons. The zero-order valence-corrected chi connectivity index (χ0v) is 23.9. The van der Waals surface area contributed by atoms with Crippen LogP contribution in [0.25, 0.3) is 11.1 Å². The van der Waals surface area contributed by atoms with Crippen molar-refractivity contribution < 1.29 is 19.2 Å². The van der Waals surface area contributed by atoms with E-state index in [1.54, 1.807) is 0 Å². The molecule has 2 aromatic rings. The van der Waals surface area contributed by atoms with Crippen molar-refractivity contribution in [3.63, 3.8) is 0 Å². The van der Waals surface area contributed by atoms with E-state index in [0.717, 1.165) is 23.8 Å². The summed E-state index contributed by atoms with van der Waals surface area (Å²) in [5.41, 5.74) is 6.58. The standard InChI is InChI=1S/C33H40N2O4/c1-7-17(3)21-9-11-23(18(4)13-21)24-12-10-22(14-19(24)5)34-31(37)28-26-15-25(27(28)16-36)29-30(26)33(39)35(32(29)38)20(6)8-2/h9-14,16-17,20,25-30H,7-8,15H2,1-6H3,(H,34,37). The Morgan fingerprint density at radius 3 is 2.13 bits per heavy atom. The molecule has 3 fully saturated rings. The van der Waals surface area contributed by atoms with Crippen molar-refractivity contribution in [1.29, 1.82) is 0 Å². The fourth-order valence-electron chi connectivity index (χ4n) is 7.53. The molecule has 1 N–H and O–H groups in total.